The van der Waals surface area contributed by atoms with E-state index in [-0.39, 0.29) is 18.1 Å². The molecule has 0 atom stereocenters. The molecule has 0 saturated heterocycles. The van der Waals surface area contributed by atoms with Crippen molar-refractivity contribution >= 4 is 11.7 Å². The molecule has 1 heterocycles. The van der Waals surface area contributed by atoms with Crippen molar-refractivity contribution < 1.29 is 13.9 Å². The smallest absolute Gasteiger partial charge is 0.319 e. The fraction of sp³-hybridized carbons (Fsp3) is 0.444. The summed E-state index contributed by atoms with van der Waals surface area (Å²) in [6.07, 6.45) is 2.62. The van der Waals surface area contributed by atoms with Crippen molar-refractivity contribution in [3.63, 3.8) is 0 Å². The first kappa shape index (κ1) is 17.8. The Bertz CT molecular complexity index is 674. The van der Waals surface area contributed by atoms with Gasteiger partial charge in [-0.15, -0.1) is 0 Å². The van der Waals surface area contributed by atoms with Crippen LogP contribution in [0.5, 0.6) is 5.75 Å². The number of oxazole rings is 1. The molecule has 2 amide bonds. The lowest BCUT2D eigenvalue weighted by molar-refractivity contribution is 0.251. The highest BCUT2D eigenvalue weighted by Gasteiger charge is 2.19. The first-order valence-electron chi connectivity index (χ1n) is 8.11. The van der Waals surface area contributed by atoms with Gasteiger partial charge in [0.1, 0.15) is 11.5 Å². The summed E-state index contributed by atoms with van der Waals surface area (Å²) in [6.45, 7) is 9.08. The number of aromatic nitrogens is 1. The van der Waals surface area contributed by atoms with E-state index in [2.05, 4.69) is 36.4 Å². The summed E-state index contributed by atoms with van der Waals surface area (Å²) in [5.74, 6) is 1.99. The summed E-state index contributed by atoms with van der Waals surface area (Å²) >= 11 is 0. The Morgan fingerprint density at radius 3 is 2.79 bits per heavy atom. The van der Waals surface area contributed by atoms with E-state index in [4.69, 9.17) is 9.15 Å². The summed E-state index contributed by atoms with van der Waals surface area (Å²) in [5, 5.41) is 5.53. The second-order valence-corrected chi connectivity index (χ2v) is 6.57. The molecule has 6 nitrogen and oxygen atoms in total. The first-order chi connectivity index (χ1) is 11.4. The molecule has 2 aromatic rings. The monoisotopic (exact) mass is 331 g/mol. The zero-order chi connectivity index (χ0) is 17.6. The molecular formula is C18H25N3O3. The van der Waals surface area contributed by atoms with E-state index in [1.54, 1.807) is 18.3 Å². The Hall–Kier alpha value is -2.50. The van der Waals surface area contributed by atoms with Crippen LogP contribution in [0, 0.1) is 0 Å². The van der Waals surface area contributed by atoms with Crippen molar-refractivity contribution in [3.8, 4) is 5.75 Å². The normalized spacial score (nSPS) is 11.2. The summed E-state index contributed by atoms with van der Waals surface area (Å²) in [4.78, 5) is 15.9. The van der Waals surface area contributed by atoms with Crippen LogP contribution in [-0.4, -0.2) is 17.6 Å². The number of hydrogen-bond acceptors (Lipinski definition) is 4. The number of carbonyl (C=O) groups excluding carboxylic acids is 1. The van der Waals surface area contributed by atoms with Crippen molar-refractivity contribution in [3.05, 3.63) is 42.1 Å². The number of urea groups is 1. The number of rotatable bonds is 6. The molecule has 0 unspecified atom stereocenters. The Kier molecular flexibility index (Phi) is 5.84. The largest absolute Gasteiger partial charge is 0.484 e. The highest BCUT2D eigenvalue weighted by molar-refractivity contribution is 5.89. The van der Waals surface area contributed by atoms with Gasteiger partial charge in [-0.05, 0) is 18.6 Å². The fourth-order valence-electron chi connectivity index (χ4n) is 1.95. The standard InChI is InChI=1S/C18H25N3O3/c1-5-9-19-17(22)21-13-7-6-8-14(10-13)23-12-16-20-11-15(24-16)18(2,3)4/h6-8,10-11H,5,9,12H2,1-4H3,(H2,19,21,22). The highest BCUT2D eigenvalue weighted by atomic mass is 16.5. The van der Waals surface area contributed by atoms with Gasteiger partial charge in [-0.2, -0.15) is 0 Å². The molecule has 0 bridgehead atoms. The molecule has 0 aliphatic carbocycles. The molecule has 0 aliphatic rings. The van der Waals surface area contributed by atoms with Crippen molar-refractivity contribution in [2.75, 3.05) is 11.9 Å². The minimum Gasteiger partial charge on any atom is -0.484 e. The van der Waals surface area contributed by atoms with Crippen molar-refractivity contribution in [2.24, 2.45) is 0 Å². The second kappa shape index (κ2) is 7.86. The van der Waals surface area contributed by atoms with Crippen molar-refractivity contribution in [1.29, 1.82) is 0 Å². The zero-order valence-corrected chi connectivity index (χ0v) is 14.7. The van der Waals surface area contributed by atoms with Crippen LogP contribution >= 0.6 is 0 Å². The molecule has 0 radical (unpaired) electrons. The van der Waals surface area contributed by atoms with Gasteiger partial charge in [-0.3, -0.25) is 0 Å². The molecule has 130 valence electrons. The molecule has 0 aliphatic heterocycles. The molecule has 0 spiro atoms. The SMILES string of the molecule is CCCNC(=O)Nc1cccc(OCc2ncc(C(C)(C)C)o2)c1. The number of ether oxygens (including phenoxy) is 1. The van der Waals surface area contributed by atoms with Crippen LogP contribution in [0.25, 0.3) is 0 Å². The number of anilines is 1. The Labute approximate surface area is 142 Å². The minimum atomic E-state index is -0.225. The van der Waals surface area contributed by atoms with Crippen LogP contribution in [0.15, 0.2) is 34.9 Å². The van der Waals surface area contributed by atoms with Gasteiger partial charge in [0.15, 0.2) is 6.61 Å². The average Bonchev–Trinajstić information content (AvgIpc) is 3.00. The van der Waals surface area contributed by atoms with Crippen LogP contribution in [0.2, 0.25) is 0 Å². The quantitative estimate of drug-likeness (QED) is 0.836. The van der Waals surface area contributed by atoms with E-state index in [0.717, 1.165) is 12.2 Å². The minimum absolute atomic E-state index is 0.0824. The van der Waals surface area contributed by atoms with Gasteiger partial charge in [-0.1, -0.05) is 33.8 Å². The van der Waals surface area contributed by atoms with Crippen molar-refractivity contribution in [1.82, 2.24) is 10.3 Å². The molecule has 6 heteroatoms. The lowest BCUT2D eigenvalue weighted by Crippen LogP contribution is -2.29. The van der Waals surface area contributed by atoms with E-state index < -0.39 is 0 Å². The van der Waals surface area contributed by atoms with Gasteiger partial charge in [0, 0.05) is 23.7 Å². The van der Waals surface area contributed by atoms with Crippen LogP contribution in [-0.2, 0) is 12.0 Å². The molecule has 0 fully saturated rings. The molecule has 1 aromatic carbocycles. The third-order valence-electron chi connectivity index (χ3n) is 3.28. The number of hydrogen-bond donors (Lipinski definition) is 2. The summed E-state index contributed by atoms with van der Waals surface area (Å²) < 4.78 is 11.4. The van der Waals surface area contributed by atoms with Crippen LogP contribution in [0.1, 0.15) is 45.8 Å². The average molecular weight is 331 g/mol. The fourth-order valence-corrected chi connectivity index (χ4v) is 1.95. The third kappa shape index (κ3) is 5.30. The lowest BCUT2D eigenvalue weighted by Gasteiger charge is -2.13. The van der Waals surface area contributed by atoms with Crippen molar-refractivity contribution in [2.45, 2.75) is 46.1 Å². The van der Waals surface area contributed by atoms with Gasteiger partial charge in [0.05, 0.1) is 6.20 Å². The van der Waals surface area contributed by atoms with Gasteiger partial charge in [-0.25, -0.2) is 9.78 Å². The van der Waals surface area contributed by atoms with Crippen LogP contribution < -0.4 is 15.4 Å². The van der Waals surface area contributed by atoms with E-state index in [1.807, 2.05) is 19.1 Å². The van der Waals surface area contributed by atoms with Gasteiger partial charge >= 0.3 is 6.03 Å². The van der Waals surface area contributed by atoms with E-state index in [0.29, 0.717) is 23.9 Å². The Morgan fingerprint density at radius 2 is 2.12 bits per heavy atom. The number of nitrogens with zero attached hydrogens (tertiary/aromatic N) is 1. The Morgan fingerprint density at radius 1 is 1.33 bits per heavy atom. The topological polar surface area (TPSA) is 76.4 Å². The molecule has 24 heavy (non-hydrogen) atoms. The number of carbonyl (C=O) groups is 1. The molecule has 2 rings (SSSR count). The van der Waals surface area contributed by atoms with E-state index >= 15 is 0 Å². The molecule has 0 saturated carbocycles. The molecule has 1 aromatic heterocycles. The maximum atomic E-state index is 11.7. The predicted molar refractivity (Wildman–Crippen MR) is 93.3 cm³/mol. The molecular weight excluding hydrogens is 306 g/mol. The van der Waals surface area contributed by atoms with Crippen LogP contribution in [0.3, 0.4) is 0 Å². The van der Waals surface area contributed by atoms with Gasteiger partial charge in [0.2, 0.25) is 5.89 Å². The van der Waals surface area contributed by atoms with Gasteiger partial charge in [0.25, 0.3) is 0 Å². The summed E-state index contributed by atoms with van der Waals surface area (Å²) in [7, 11) is 0. The molecule has 2 N–H and O–H groups in total. The van der Waals surface area contributed by atoms with Gasteiger partial charge < -0.3 is 19.8 Å². The highest BCUT2D eigenvalue weighted by Crippen LogP contribution is 2.23. The predicted octanol–water partition coefficient (Wildman–Crippen LogP) is 4.08. The summed E-state index contributed by atoms with van der Waals surface area (Å²) in [5.41, 5.74) is 0.588. The summed E-state index contributed by atoms with van der Waals surface area (Å²) in [6, 6.07) is 6.99. The number of amides is 2. The van der Waals surface area contributed by atoms with Crippen LogP contribution in [0.4, 0.5) is 10.5 Å². The van der Waals surface area contributed by atoms with E-state index in [9.17, 15) is 4.79 Å². The second-order valence-electron chi connectivity index (χ2n) is 6.57. The number of nitrogens with one attached hydrogen (secondary N) is 2. The maximum absolute atomic E-state index is 11.7. The Balaban J connectivity index is 1.92. The first-order valence-corrected chi connectivity index (χ1v) is 8.11. The lowest BCUT2D eigenvalue weighted by atomic mass is 9.94. The number of benzene rings is 1. The maximum Gasteiger partial charge on any atom is 0.319 e. The third-order valence-corrected chi connectivity index (χ3v) is 3.28. The van der Waals surface area contributed by atoms with E-state index in [1.165, 1.54) is 0 Å². The zero-order valence-electron chi connectivity index (χ0n) is 14.7.